The second-order valence-electron chi connectivity index (χ2n) is 4.88. The first kappa shape index (κ1) is 15.5. The lowest BCUT2D eigenvalue weighted by atomic mass is 10.1. The number of aliphatic hydroxyl groups excluding tert-OH is 1. The van der Waals surface area contributed by atoms with E-state index < -0.39 is 6.10 Å². The fourth-order valence-corrected chi connectivity index (χ4v) is 1.53. The number of benzene rings is 2. The molecule has 2 aromatic carbocycles. The minimum atomic E-state index is -0.441. The first-order valence-corrected chi connectivity index (χ1v) is 6.55. The maximum Gasteiger partial charge on any atom is 0.127 e. The number of ether oxygens (including phenoxy) is 1. The van der Waals surface area contributed by atoms with Gasteiger partial charge in [-0.2, -0.15) is 0 Å². The Morgan fingerprint density at radius 3 is 2.26 bits per heavy atom. The van der Waals surface area contributed by atoms with Crippen molar-refractivity contribution in [2.45, 2.75) is 32.9 Å². The maximum absolute atomic E-state index is 9.16. The van der Waals surface area contributed by atoms with E-state index in [-0.39, 0.29) is 0 Å². The predicted molar refractivity (Wildman–Crippen MR) is 80.4 cm³/mol. The summed E-state index contributed by atoms with van der Waals surface area (Å²) in [6, 6.07) is 14.3. The third-order valence-corrected chi connectivity index (χ3v) is 2.23. The van der Waals surface area contributed by atoms with Gasteiger partial charge in [0.15, 0.2) is 0 Å². The van der Waals surface area contributed by atoms with Crippen LogP contribution >= 0.6 is 0 Å². The number of hydrogen-bond acceptors (Lipinski definition) is 3. The topological polar surface area (TPSA) is 55.5 Å². The Morgan fingerprint density at radius 2 is 1.63 bits per heavy atom. The summed E-state index contributed by atoms with van der Waals surface area (Å²) in [7, 11) is 0. The lowest BCUT2D eigenvalue weighted by Crippen LogP contribution is -2.12. The quantitative estimate of drug-likeness (QED) is 0.893. The van der Waals surface area contributed by atoms with Crippen LogP contribution in [0.3, 0.4) is 0 Å². The van der Waals surface area contributed by atoms with Gasteiger partial charge in [0.05, 0.1) is 6.10 Å². The Hall–Kier alpha value is -1.58. The van der Waals surface area contributed by atoms with Crippen LogP contribution in [0.25, 0.3) is 10.8 Å². The van der Waals surface area contributed by atoms with Crippen molar-refractivity contribution < 1.29 is 9.84 Å². The average molecular weight is 261 g/mol. The molecule has 3 nitrogen and oxygen atoms in total. The molecule has 0 fully saturated rings. The van der Waals surface area contributed by atoms with Crippen LogP contribution in [0.2, 0.25) is 0 Å². The second kappa shape index (κ2) is 7.77. The molecule has 19 heavy (non-hydrogen) atoms. The van der Waals surface area contributed by atoms with Gasteiger partial charge in [-0.05, 0) is 24.4 Å². The van der Waals surface area contributed by atoms with E-state index in [0.29, 0.717) is 12.6 Å². The Morgan fingerprint density at radius 1 is 1.05 bits per heavy atom. The van der Waals surface area contributed by atoms with Crippen LogP contribution in [0.5, 0.6) is 5.75 Å². The summed E-state index contributed by atoms with van der Waals surface area (Å²) in [5.41, 5.74) is 5.11. The van der Waals surface area contributed by atoms with Gasteiger partial charge in [0, 0.05) is 5.39 Å². The maximum atomic E-state index is 9.16. The molecule has 0 aliphatic rings. The van der Waals surface area contributed by atoms with Crippen LogP contribution in [0.15, 0.2) is 42.5 Å². The van der Waals surface area contributed by atoms with Gasteiger partial charge < -0.3 is 15.6 Å². The van der Waals surface area contributed by atoms with Gasteiger partial charge in [-0.3, -0.25) is 0 Å². The Labute approximate surface area is 115 Å². The van der Waals surface area contributed by atoms with Crippen LogP contribution in [-0.2, 0) is 0 Å². The van der Waals surface area contributed by atoms with Gasteiger partial charge in [0.25, 0.3) is 0 Å². The summed E-state index contributed by atoms with van der Waals surface area (Å²) in [6.45, 7) is 5.93. The average Bonchev–Trinajstić information content (AvgIpc) is 2.35. The lowest BCUT2D eigenvalue weighted by molar-refractivity contribution is 0.123. The van der Waals surface area contributed by atoms with Gasteiger partial charge in [-0.1, -0.05) is 50.2 Å². The van der Waals surface area contributed by atoms with E-state index >= 15 is 0 Å². The molecule has 0 aliphatic heterocycles. The summed E-state index contributed by atoms with van der Waals surface area (Å²) >= 11 is 0. The minimum absolute atomic E-state index is 0.327. The first-order valence-electron chi connectivity index (χ1n) is 6.55. The zero-order valence-corrected chi connectivity index (χ0v) is 11.8. The molecular weight excluding hydrogens is 238 g/mol. The molecule has 2 aromatic rings. The second-order valence-corrected chi connectivity index (χ2v) is 4.88. The van der Waals surface area contributed by atoms with E-state index in [1.165, 1.54) is 0 Å². The Balaban J connectivity index is 0.000000399. The highest BCUT2D eigenvalue weighted by Crippen LogP contribution is 2.25. The van der Waals surface area contributed by atoms with Crippen molar-refractivity contribution in [1.82, 2.24) is 0 Å². The number of nitrogens with two attached hydrogens (primary N) is 1. The molecule has 2 rings (SSSR count). The number of fused-ring (bicyclic) bond motifs is 1. The fourth-order valence-electron chi connectivity index (χ4n) is 1.53. The van der Waals surface area contributed by atoms with E-state index in [4.69, 9.17) is 15.6 Å². The fraction of sp³-hybridized carbons (Fsp3) is 0.375. The third kappa shape index (κ3) is 5.73. The number of aliphatic hydroxyl groups is 1. The summed E-state index contributed by atoms with van der Waals surface area (Å²) in [5, 5.41) is 11.4. The molecule has 0 aromatic heterocycles. The van der Waals surface area contributed by atoms with Crippen LogP contribution in [-0.4, -0.2) is 23.9 Å². The minimum Gasteiger partial charge on any atom is -0.490 e. The van der Waals surface area contributed by atoms with Crippen molar-refractivity contribution in [3.05, 3.63) is 42.5 Å². The van der Waals surface area contributed by atoms with Crippen molar-refractivity contribution in [2.75, 3.05) is 6.61 Å². The van der Waals surface area contributed by atoms with E-state index in [0.717, 1.165) is 16.5 Å². The van der Waals surface area contributed by atoms with E-state index in [1.807, 2.05) is 56.3 Å². The van der Waals surface area contributed by atoms with Gasteiger partial charge >= 0.3 is 0 Å². The summed E-state index contributed by atoms with van der Waals surface area (Å²) < 4.78 is 5.53. The van der Waals surface area contributed by atoms with Gasteiger partial charge in [-0.15, -0.1) is 0 Å². The predicted octanol–water partition coefficient (Wildman–Crippen LogP) is 2.95. The lowest BCUT2D eigenvalue weighted by Gasteiger charge is -2.10. The molecular formula is C16H23NO2. The molecule has 0 radical (unpaired) electrons. The molecule has 1 atom stereocenters. The standard InChI is InChI=1S/C13H14O2.C3H9N/c1-10(14)9-15-13-8-4-6-11-5-2-3-7-12(11)13;1-3(2)4/h2-8,10,14H,9H2,1H3;3H,4H2,1-2H3. The molecule has 0 heterocycles. The monoisotopic (exact) mass is 261 g/mol. The SMILES string of the molecule is CC(C)N.CC(O)COc1cccc2ccccc12. The van der Waals surface area contributed by atoms with E-state index in [1.54, 1.807) is 6.92 Å². The van der Waals surface area contributed by atoms with Crippen LogP contribution in [0, 0.1) is 0 Å². The van der Waals surface area contributed by atoms with Crippen molar-refractivity contribution >= 4 is 10.8 Å². The molecule has 0 aliphatic carbocycles. The third-order valence-electron chi connectivity index (χ3n) is 2.23. The molecule has 1 unspecified atom stereocenters. The highest BCUT2D eigenvalue weighted by Gasteiger charge is 2.02. The number of rotatable bonds is 3. The highest BCUT2D eigenvalue weighted by molar-refractivity contribution is 5.88. The van der Waals surface area contributed by atoms with Crippen molar-refractivity contribution in [3.63, 3.8) is 0 Å². The zero-order chi connectivity index (χ0) is 14.3. The molecule has 104 valence electrons. The van der Waals surface area contributed by atoms with Crippen molar-refractivity contribution in [2.24, 2.45) is 5.73 Å². The molecule has 3 N–H and O–H groups in total. The molecule has 0 spiro atoms. The molecule has 0 amide bonds. The summed E-state index contributed by atoms with van der Waals surface area (Å²) in [4.78, 5) is 0. The summed E-state index contributed by atoms with van der Waals surface area (Å²) in [5.74, 6) is 0.828. The molecule has 0 saturated heterocycles. The van der Waals surface area contributed by atoms with Gasteiger partial charge in [0.2, 0.25) is 0 Å². The zero-order valence-electron chi connectivity index (χ0n) is 11.8. The van der Waals surface area contributed by atoms with Crippen LogP contribution in [0.1, 0.15) is 20.8 Å². The van der Waals surface area contributed by atoms with E-state index in [2.05, 4.69) is 0 Å². The normalized spacial score (nSPS) is 11.9. The highest BCUT2D eigenvalue weighted by atomic mass is 16.5. The smallest absolute Gasteiger partial charge is 0.127 e. The summed E-state index contributed by atoms with van der Waals surface area (Å²) in [6.07, 6.45) is -0.441. The largest absolute Gasteiger partial charge is 0.490 e. The Bertz CT molecular complexity index is 487. The Kier molecular flexibility index (Phi) is 6.33. The molecule has 0 saturated carbocycles. The molecule has 3 heteroatoms. The van der Waals surface area contributed by atoms with E-state index in [9.17, 15) is 0 Å². The van der Waals surface area contributed by atoms with Gasteiger partial charge in [0.1, 0.15) is 12.4 Å². The van der Waals surface area contributed by atoms with Gasteiger partial charge in [-0.25, -0.2) is 0 Å². The first-order chi connectivity index (χ1) is 9.00. The van der Waals surface area contributed by atoms with Crippen molar-refractivity contribution in [1.29, 1.82) is 0 Å². The van der Waals surface area contributed by atoms with Crippen molar-refractivity contribution in [3.8, 4) is 5.75 Å². The number of hydrogen-bond donors (Lipinski definition) is 2. The molecule has 0 bridgehead atoms. The van der Waals surface area contributed by atoms with Crippen LogP contribution in [0.4, 0.5) is 0 Å². The van der Waals surface area contributed by atoms with Crippen LogP contribution < -0.4 is 10.5 Å².